The zero-order valence-electron chi connectivity index (χ0n) is 11.6. The number of hydrogen-bond donors (Lipinski definition) is 0. The minimum Gasteiger partial charge on any atom is -0.488 e. The molecule has 0 unspecified atom stereocenters. The smallest absolute Gasteiger partial charge is 0.224 e. The fourth-order valence-electron chi connectivity index (χ4n) is 2.61. The molecule has 1 fully saturated rings. The van der Waals surface area contributed by atoms with Gasteiger partial charge in [0.15, 0.2) is 21.4 Å². The van der Waals surface area contributed by atoms with Crippen LogP contribution in [0.3, 0.4) is 0 Å². The Morgan fingerprint density at radius 1 is 1.38 bits per heavy atom. The highest BCUT2D eigenvalue weighted by atomic mass is 35.5. The van der Waals surface area contributed by atoms with Crippen molar-refractivity contribution in [3.05, 3.63) is 11.0 Å². The van der Waals surface area contributed by atoms with E-state index < -0.39 is 9.84 Å². The van der Waals surface area contributed by atoms with Gasteiger partial charge in [-0.2, -0.15) is 4.98 Å². The SMILES string of the molecule is CS(=O)(=O)Cc1nc(Cl)nc2c1OCC[C@H]1COCCN21. The molecule has 1 saturated heterocycles. The Hall–Kier alpha value is -1.12. The zero-order chi connectivity index (χ0) is 15.0. The van der Waals surface area contributed by atoms with E-state index in [2.05, 4.69) is 14.9 Å². The Labute approximate surface area is 128 Å². The summed E-state index contributed by atoms with van der Waals surface area (Å²) in [7, 11) is -3.24. The van der Waals surface area contributed by atoms with Gasteiger partial charge < -0.3 is 14.4 Å². The maximum absolute atomic E-state index is 11.6. The molecule has 0 aromatic carbocycles. The number of rotatable bonds is 2. The van der Waals surface area contributed by atoms with Gasteiger partial charge in [-0.3, -0.25) is 0 Å². The highest BCUT2D eigenvalue weighted by Gasteiger charge is 2.32. The van der Waals surface area contributed by atoms with Crippen LogP contribution in [-0.4, -0.2) is 57.0 Å². The minimum absolute atomic E-state index is 0.0307. The largest absolute Gasteiger partial charge is 0.488 e. The topological polar surface area (TPSA) is 81.6 Å². The second-order valence-corrected chi connectivity index (χ2v) is 7.70. The van der Waals surface area contributed by atoms with E-state index in [-0.39, 0.29) is 17.1 Å². The van der Waals surface area contributed by atoms with Gasteiger partial charge in [-0.1, -0.05) is 0 Å². The lowest BCUT2D eigenvalue weighted by atomic mass is 10.1. The molecule has 9 heteroatoms. The summed E-state index contributed by atoms with van der Waals surface area (Å²) in [5, 5.41) is 0.0307. The summed E-state index contributed by atoms with van der Waals surface area (Å²) < 4.78 is 34.4. The van der Waals surface area contributed by atoms with Gasteiger partial charge in [0, 0.05) is 19.2 Å². The van der Waals surface area contributed by atoms with Crippen molar-refractivity contribution in [1.82, 2.24) is 9.97 Å². The number of morpholine rings is 1. The van der Waals surface area contributed by atoms with Crippen molar-refractivity contribution in [3.63, 3.8) is 0 Å². The van der Waals surface area contributed by atoms with Gasteiger partial charge in [0.1, 0.15) is 5.69 Å². The van der Waals surface area contributed by atoms with Gasteiger partial charge in [0.25, 0.3) is 0 Å². The third-order valence-electron chi connectivity index (χ3n) is 3.49. The van der Waals surface area contributed by atoms with Crippen molar-refractivity contribution in [3.8, 4) is 5.75 Å². The quantitative estimate of drug-likeness (QED) is 0.735. The maximum atomic E-state index is 11.6. The summed E-state index contributed by atoms with van der Waals surface area (Å²) in [6.07, 6.45) is 1.94. The Morgan fingerprint density at radius 2 is 2.19 bits per heavy atom. The Bertz CT molecular complexity index is 652. The highest BCUT2D eigenvalue weighted by Crippen LogP contribution is 2.36. The second-order valence-electron chi connectivity index (χ2n) is 5.22. The average molecular weight is 334 g/mol. The summed E-state index contributed by atoms with van der Waals surface area (Å²) in [6, 6.07) is 0.164. The first-order valence-electron chi connectivity index (χ1n) is 6.65. The van der Waals surface area contributed by atoms with Crippen LogP contribution in [0.4, 0.5) is 5.82 Å². The lowest BCUT2D eigenvalue weighted by Gasteiger charge is -2.35. The lowest BCUT2D eigenvalue weighted by Crippen LogP contribution is -2.45. The number of ether oxygens (including phenoxy) is 2. The monoisotopic (exact) mass is 333 g/mol. The summed E-state index contributed by atoms with van der Waals surface area (Å²) >= 11 is 5.96. The summed E-state index contributed by atoms with van der Waals surface area (Å²) in [5.41, 5.74) is 0.319. The van der Waals surface area contributed by atoms with Crippen molar-refractivity contribution >= 4 is 27.3 Å². The van der Waals surface area contributed by atoms with Crippen molar-refractivity contribution in [2.24, 2.45) is 0 Å². The number of fused-ring (bicyclic) bond motifs is 3. The van der Waals surface area contributed by atoms with Crippen LogP contribution < -0.4 is 9.64 Å². The number of sulfone groups is 1. The Morgan fingerprint density at radius 3 is 2.95 bits per heavy atom. The molecule has 0 amide bonds. The molecule has 0 radical (unpaired) electrons. The molecule has 7 nitrogen and oxygen atoms in total. The molecule has 0 aliphatic carbocycles. The molecule has 0 bridgehead atoms. The summed E-state index contributed by atoms with van der Waals surface area (Å²) in [5.74, 6) is 0.778. The Balaban J connectivity index is 2.08. The first-order valence-corrected chi connectivity index (χ1v) is 9.09. The van der Waals surface area contributed by atoms with E-state index in [1.165, 1.54) is 0 Å². The van der Waals surface area contributed by atoms with E-state index in [1.54, 1.807) is 0 Å². The molecule has 1 aromatic heterocycles. The summed E-state index contributed by atoms with van der Waals surface area (Å²) in [4.78, 5) is 10.4. The van der Waals surface area contributed by atoms with Crippen LogP contribution in [0.15, 0.2) is 0 Å². The third-order valence-corrected chi connectivity index (χ3v) is 4.45. The van der Waals surface area contributed by atoms with Crippen molar-refractivity contribution < 1.29 is 17.9 Å². The number of aromatic nitrogens is 2. The molecule has 0 saturated carbocycles. The predicted molar refractivity (Wildman–Crippen MR) is 77.7 cm³/mol. The average Bonchev–Trinajstić information content (AvgIpc) is 2.57. The minimum atomic E-state index is -3.24. The van der Waals surface area contributed by atoms with Gasteiger partial charge in [0.05, 0.1) is 31.6 Å². The fourth-order valence-corrected chi connectivity index (χ4v) is 3.49. The molecule has 2 aliphatic rings. The first-order chi connectivity index (χ1) is 9.94. The molecule has 116 valence electrons. The van der Waals surface area contributed by atoms with Crippen LogP contribution in [0.5, 0.6) is 5.75 Å². The molecule has 0 N–H and O–H groups in total. The second kappa shape index (κ2) is 5.58. The number of halogens is 1. The summed E-state index contributed by atoms with van der Waals surface area (Å²) in [6.45, 7) is 2.34. The van der Waals surface area contributed by atoms with Gasteiger partial charge >= 0.3 is 0 Å². The van der Waals surface area contributed by atoms with Crippen LogP contribution in [0, 0.1) is 0 Å². The van der Waals surface area contributed by atoms with E-state index >= 15 is 0 Å². The van der Waals surface area contributed by atoms with E-state index in [9.17, 15) is 8.42 Å². The van der Waals surface area contributed by atoms with E-state index in [0.717, 1.165) is 12.7 Å². The Kier molecular flexibility index (Phi) is 3.94. The molecule has 1 atom stereocenters. The number of hydrogen-bond acceptors (Lipinski definition) is 7. The highest BCUT2D eigenvalue weighted by molar-refractivity contribution is 7.89. The fraction of sp³-hybridized carbons (Fsp3) is 0.667. The van der Waals surface area contributed by atoms with Gasteiger partial charge in [-0.25, -0.2) is 13.4 Å². The zero-order valence-corrected chi connectivity index (χ0v) is 13.2. The van der Waals surface area contributed by atoms with Crippen LogP contribution >= 0.6 is 11.6 Å². The standard InChI is InChI=1S/C12H16ClN3O4S/c1-21(17,18)7-9-10-11(15-12(13)14-9)16-3-5-19-6-8(16)2-4-20-10/h8H,2-7H2,1H3/t8-/m0/s1. The predicted octanol–water partition coefficient (Wildman–Crippen LogP) is 0.662. The van der Waals surface area contributed by atoms with Crippen molar-refractivity contribution in [2.75, 3.05) is 37.5 Å². The normalized spacial score (nSPS) is 22.0. The molecule has 1 aromatic rings. The van der Waals surface area contributed by atoms with Crippen LogP contribution in [0.1, 0.15) is 12.1 Å². The lowest BCUT2D eigenvalue weighted by molar-refractivity contribution is 0.0894. The van der Waals surface area contributed by atoms with E-state index in [1.807, 2.05) is 0 Å². The molecule has 3 rings (SSSR count). The third kappa shape index (κ3) is 3.22. The molecule has 21 heavy (non-hydrogen) atoms. The van der Waals surface area contributed by atoms with Crippen LogP contribution in [-0.2, 0) is 20.3 Å². The maximum Gasteiger partial charge on any atom is 0.224 e. The van der Waals surface area contributed by atoms with E-state index in [0.29, 0.717) is 43.6 Å². The molecular formula is C12H16ClN3O4S. The number of anilines is 1. The van der Waals surface area contributed by atoms with E-state index in [4.69, 9.17) is 21.1 Å². The van der Waals surface area contributed by atoms with Crippen LogP contribution in [0.2, 0.25) is 5.28 Å². The molecule has 0 spiro atoms. The van der Waals surface area contributed by atoms with Gasteiger partial charge in [-0.05, 0) is 11.6 Å². The first kappa shape index (κ1) is 14.8. The molecule has 3 heterocycles. The molecule has 2 aliphatic heterocycles. The van der Waals surface area contributed by atoms with Crippen molar-refractivity contribution in [2.45, 2.75) is 18.2 Å². The molecular weight excluding hydrogens is 318 g/mol. The van der Waals surface area contributed by atoms with Crippen molar-refractivity contribution in [1.29, 1.82) is 0 Å². The number of nitrogens with zero attached hydrogens (tertiary/aromatic N) is 3. The van der Waals surface area contributed by atoms with Gasteiger partial charge in [-0.15, -0.1) is 0 Å². The van der Waals surface area contributed by atoms with Gasteiger partial charge in [0.2, 0.25) is 5.28 Å². The van der Waals surface area contributed by atoms with Crippen LogP contribution in [0.25, 0.3) is 0 Å².